The third-order valence-electron chi connectivity index (χ3n) is 7.57. The van der Waals surface area contributed by atoms with Crippen molar-refractivity contribution in [3.05, 3.63) is 56.0 Å². The average molecular weight is 538 g/mol. The highest BCUT2D eigenvalue weighted by Gasteiger charge is 2.31. The number of hydrogen-bond donors (Lipinski definition) is 1. The molecule has 39 heavy (non-hydrogen) atoms. The first-order valence-corrected chi connectivity index (χ1v) is 13.1. The Hall–Kier alpha value is -3.83. The molecule has 2 aliphatic rings. The van der Waals surface area contributed by atoms with Gasteiger partial charge in [0.2, 0.25) is 11.6 Å². The molecule has 1 N–H and O–H groups in total. The van der Waals surface area contributed by atoms with E-state index in [-0.39, 0.29) is 0 Å². The molecule has 1 saturated heterocycles. The molecule has 2 aliphatic heterocycles. The number of aromatic nitrogens is 1. The molecule has 208 valence electrons. The Kier molecular flexibility index (Phi) is 7.89. The zero-order valence-electron chi connectivity index (χ0n) is 22.9. The SMILES string of the molecule is COc1cc2c(cn1)N(c1c(NCCN3CCN(Cc4ccc(OC)c(OC)c4OC)CC3)c(=O)c1=O)CC2. The van der Waals surface area contributed by atoms with Crippen molar-refractivity contribution in [2.45, 2.75) is 13.0 Å². The lowest BCUT2D eigenvalue weighted by atomic mass is 10.1. The summed E-state index contributed by atoms with van der Waals surface area (Å²) in [6, 6.07) is 5.81. The predicted octanol–water partition coefficient (Wildman–Crippen LogP) is 1.64. The highest BCUT2D eigenvalue weighted by atomic mass is 16.5. The number of methoxy groups -OCH3 is 4. The Labute approximate surface area is 227 Å². The van der Waals surface area contributed by atoms with Crippen molar-refractivity contribution in [2.75, 3.05) is 84.5 Å². The van der Waals surface area contributed by atoms with Gasteiger partial charge in [0.1, 0.15) is 11.4 Å². The third-order valence-corrected chi connectivity index (χ3v) is 7.57. The lowest BCUT2D eigenvalue weighted by Crippen LogP contribution is -2.47. The van der Waals surface area contributed by atoms with Crippen LogP contribution in [0.15, 0.2) is 34.0 Å². The first-order valence-electron chi connectivity index (χ1n) is 13.1. The van der Waals surface area contributed by atoms with Crippen LogP contribution in [0.3, 0.4) is 0 Å². The maximum absolute atomic E-state index is 12.5. The van der Waals surface area contributed by atoms with Crippen LogP contribution in [0, 0.1) is 0 Å². The summed E-state index contributed by atoms with van der Waals surface area (Å²) < 4.78 is 21.8. The van der Waals surface area contributed by atoms with Gasteiger partial charge in [0.05, 0.1) is 40.3 Å². The van der Waals surface area contributed by atoms with E-state index in [4.69, 9.17) is 18.9 Å². The molecule has 2 aromatic carbocycles. The lowest BCUT2D eigenvalue weighted by Gasteiger charge is -2.35. The van der Waals surface area contributed by atoms with E-state index in [0.717, 1.165) is 62.5 Å². The van der Waals surface area contributed by atoms with Gasteiger partial charge in [0.15, 0.2) is 11.5 Å². The molecule has 3 aromatic rings. The summed E-state index contributed by atoms with van der Waals surface area (Å²) in [6.45, 7) is 6.38. The van der Waals surface area contributed by atoms with Crippen molar-refractivity contribution in [3.8, 4) is 23.1 Å². The van der Waals surface area contributed by atoms with Gasteiger partial charge >= 0.3 is 0 Å². The van der Waals surface area contributed by atoms with Crippen LogP contribution in [0.1, 0.15) is 11.1 Å². The van der Waals surface area contributed by atoms with Gasteiger partial charge in [0.25, 0.3) is 10.9 Å². The van der Waals surface area contributed by atoms with E-state index in [2.05, 4.69) is 20.1 Å². The number of hydrogen-bond acceptors (Lipinski definition) is 11. The molecule has 11 heteroatoms. The minimum absolute atomic E-state index is 0.405. The van der Waals surface area contributed by atoms with E-state index in [1.54, 1.807) is 34.6 Å². The number of piperazine rings is 1. The Morgan fingerprint density at radius 2 is 1.62 bits per heavy atom. The van der Waals surface area contributed by atoms with Crippen molar-refractivity contribution >= 4 is 17.1 Å². The van der Waals surface area contributed by atoms with Gasteiger partial charge in [-0.15, -0.1) is 0 Å². The second-order valence-corrected chi connectivity index (χ2v) is 9.68. The number of rotatable bonds is 11. The van der Waals surface area contributed by atoms with E-state index in [0.29, 0.717) is 47.6 Å². The predicted molar refractivity (Wildman–Crippen MR) is 149 cm³/mol. The van der Waals surface area contributed by atoms with E-state index >= 15 is 0 Å². The molecule has 0 unspecified atom stereocenters. The molecule has 0 spiro atoms. The van der Waals surface area contributed by atoms with Crippen LogP contribution in [-0.2, 0) is 13.0 Å². The number of anilines is 3. The van der Waals surface area contributed by atoms with E-state index in [1.807, 2.05) is 23.1 Å². The quantitative estimate of drug-likeness (QED) is 0.361. The minimum Gasteiger partial charge on any atom is -0.493 e. The monoisotopic (exact) mass is 537 g/mol. The smallest absolute Gasteiger partial charge is 0.253 e. The zero-order valence-corrected chi connectivity index (χ0v) is 22.9. The van der Waals surface area contributed by atoms with Gasteiger partial charge in [-0.1, -0.05) is 6.07 Å². The number of pyridine rings is 1. The summed E-state index contributed by atoms with van der Waals surface area (Å²) >= 11 is 0. The normalized spacial score (nSPS) is 15.8. The number of ether oxygens (including phenoxy) is 4. The molecule has 11 nitrogen and oxygen atoms in total. The molecule has 0 saturated carbocycles. The highest BCUT2D eigenvalue weighted by Crippen LogP contribution is 2.40. The Balaban J connectivity index is 1.14. The molecule has 0 atom stereocenters. The van der Waals surface area contributed by atoms with Gasteiger partial charge in [0, 0.05) is 64.0 Å². The molecule has 0 aliphatic carbocycles. The minimum atomic E-state index is -0.450. The molecular formula is C28H35N5O6. The van der Waals surface area contributed by atoms with Crippen LogP contribution in [0.2, 0.25) is 0 Å². The number of nitrogens with one attached hydrogen (secondary N) is 1. The molecule has 0 radical (unpaired) electrons. The third kappa shape index (κ3) is 5.11. The lowest BCUT2D eigenvalue weighted by molar-refractivity contribution is 0.129. The molecule has 5 rings (SSSR count). The highest BCUT2D eigenvalue weighted by molar-refractivity contribution is 5.82. The fraction of sp³-hybridized carbons (Fsp3) is 0.464. The van der Waals surface area contributed by atoms with Crippen LogP contribution in [-0.4, -0.2) is 89.0 Å². The fourth-order valence-corrected chi connectivity index (χ4v) is 5.45. The van der Waals surface area contributed by atoms with Crippen LogP contribution in [0.4, 0.5) is 17.1 Å². The van der Waals surface area contributed by atoms with Crippen molar-refractivity contribution in [1.82, 2.24) is 14.8 Å². The Morgan fingerprint density at radius 3 is 2.31 bits per heavy atom. The summed E-state index contributed by atoms with van der Waals surface area (Å²) in [4.78, 5) is 35.8. The Bertz CT molecular complexity index is 1390. The van der Waals surface area contributed by atoms with Crippen molar-refractivity contribution in [3.63, 3.8) is 0 Å². The van der Waals surface area contributed by atoms with Crippen molar-refractivity contribution < 1.29 is 18.9 Å². The van der Waals surface area contributed by atoms with Gasteiger partial charge in [-0.25, -0.2) is 4.98 Å². The maximum atomic E-state index is 12.5. The largest absolute Gasteiger partial charge is 0.493 e. The standard InChI is InChI=1S/C28H35N5O6/c1-36-21-6-5-19(27(38-3)28(21)39-4)17-32-13-11-31(12-14-32)10-8-29-23-24(26(35)25(23)34)33-9-7-18-15-22(37-2)30-16-20(18)33/h5-6,15-16,29H,7-14,17H2,1-4H3. The number of fused-ring (bicyclic) bond motifs is 1. The summed E-state index contributed by atoms with van der Waals surface area (Å²) in [5, 5.41) is 3.24. The van der Waals surface area contributed by atoms with Gasteiger partial charge in [-0.3, -0.25) is 19.4 Å². The van der Waals surface area contributed by atoms with Crippen molar-refractivity contribution in [2.24, 2.45) is 0 Å². The van der Waals surface area contributed by atoms with E-state index in [9.17, 15) is 9.59 Å². The van der Waals surface area contributed by atoms with Gasteiger partial charge in [-0.05, 0) is 18.1 Å². The van der Waals surface area contributed by atoms with Crippen LogP contribution >= 0.6 is 0 Å². The van der Waals surface area contributed by atoms with Crippen LogP contribution in [0.25, 0.3) is 0 Å². The summed E-state index contributed by atoms with van der Waals surface area (Å²) in [5.74, 6) is 2.49. The molecule has 3 heterocycles. The van der Waals surface area contributed by atoms with E-state index < -0.39 is 10.9 Å². The summed E-state index contributed by atoms with van der Waals surface area (Å²) in [6.07, 6.45) is 2.48. The second-order valence-electron chi connectivity index (χ2n) is 9.68. The van der Waals surface area contributed by atoms with Gasteiger partial charge < -0.3 is 29.2 Å². The van der Waals surface area contributed by atoms with Gasteiger partial charge in [-0.2, -0.15) is 0 Å². The van der Waals surface area contributed by atoms with E-state index in [1.165, 1.54) is 0 Å². The molecule has 1 aromatic heterocycles. The topological polar surface area (TPSA) is 106 Å². The van der Waals surface area contributed by atoms with Crippen LogP contribution < -0.4 is 40.0 Å². The average Bonchev–Trinajstić information content (AvgIpc) is 3.39. The van der Waals surface area contributed by atoms with Crippen LogP contribution in [0.5, 0.6) is 23.1 Å². The second kappa shape index (κ2) is 11.5. The fourth-order valence-electron chi connectivity index (χ4n) is 5.45. The molecule has 0 bridgehead atoms. The zero-order chi connectivity index (χ0) is 27.5. The first-order chi connectivity index (χ1) is 19.0. The summed E-state index contributed by atoms with van der Waals surface area (Å²) in [7, 11) is 6.45. The van der Waals surface area contributed by atoms with Crippen molar-refractivity contribution in [1.29, 1.82) is 0 Å². The number of nitrogens with zero attached hydrogens (tertiary/aromatic N) is 4. The molecule has 0 amide bonds. The number of benzene rings is 1. The Morgan fingerprint density at radius 1 is 0.872 bits per heavy atom. The first kappa shape index (κ1) is 26.8. The molecular weight excluding hydrogens is 502 g/mol. The summed E-state index contributed by atoms with van der Waals surface area (Å²) in [5.41, 5.74) is 2.92. The maximum Gasteiger partial charge on any atom is 0.253 e. The molecule has 1 fully saturated rings.